The number of rotatable bonds is 4. The fourth-order valence-corrected chi connectivity index (χ4v) is 1.73. The van der Waals surface area contributed by atoms with Crippen LogP contribution in [0.3, 0.4) is 0 Å². The monoisotopic (exact) mass is 292 g/mol. The molecule has 0 saturated heterocycles. The third-order valence-corrected chi connectivity index (χ3v) is 2.85. The molecule has 2 N–H and O–H groups in total. The van der Waals surface area contributed by atoms with Gasteiger partial charge >= 0.3 is 6.09 Å². The number of carbonyl (C=O) groups is 1. The SMILES string of the molecule is COC(=O)Nc1ccc(NCc2c(F)cccc2F)cc1. The summed E-state index contributed by atoms with van der Waals surface area (Å²) in [6.45, 7) is 0.0300. The van der Waals surface area contributed by atoms with Gasteiger partial charge in [0.15, 0.2) is 0 Å². The van der Waals surface area contributed by atoms with E-state index in [0.717, 1.165) is 0 Å². The van der Waals surface area contributed by atoms with Crippen LogP contribution in [0.1, 0.15) is 5.56 Å². The second kappa shape index (κ2) is 6.69. The number of benzene rings is 2. The average Bonchev–Trinajstić information content (AvgIpc) is 2.48. The highest BCUT2D eigenvalue weighted by Gasteiger charge is 2.07. The van der Waals surface area contributed by atoms with Crippen LogP contribution in [0.5, 0.6) is 0 Å². The van der Waals surface area contributed by atoms with Gasteiger partial charge in [-0.05, 0) is 36.4 Å². The summed E-state index contributed by atoms with van der Waals surface area (Å²) < 4.78 is 31.4. The van der Waals surface area contributed by atoms with Crippen LogP contribution in [0, 0.1) is 11.6 Å². The Bertz CT molecular complexity index is 610. The van der Waals surface area contributed by atoms with Crippen LogP contribution < -0.4 is 10.6 Å². The van der Waals surface area contributed by atoms with Crippen molar-refractivity contribution in [2.45, 2.75) is 6.54 Å². The first-order chi connectivity index (χ1) is 10.1. The molecule has 0 atom stereocenters. The second-order valence-electron chi connectivity index (χ2n) is 4.25. The standard InChI is InChI=1S/C15H14F2N2O2/c1-21-15(20)19-11-7-5-10(6-8-11)18-9-12-13(16)3-2-4-14(12)17/h2-8,18H,9H2,1H3,(H,19,20). The number of halogens is 2. The number of anilines is 2. The van der Waals surface area contributed by atoms with Crippen molar-refractivity contribution in [3.05, 3.63) is 59.7 Å². The topological polar surface area (TPSA) is 50.4 Å². The fraction of sp³-hybridized carbons (Fsp3) is 0.133. The lowest BCUT2D eigenvalue weighted by Crippen LogP contribution is -2.10. The van der Waals surface area contributed by atoms with E-state index in [4.69, 9.17) is 0 Å². The Hall–Kier alpha value is -2.63. The lowest BCUT2D eigenvalue weighted by atomic mass is 10.2. The van der Waals surface area contributed by atoms with Gasteiger partial charge in [-0.2, -0.15) is 0 Å². The predicted octanol–water partition coefficient (Wildman–Crippen LogP) is 3.76. The van der Waals surface area contributed by atoms with Gasteiger partial charge in [0.25, 0.3) is 0 Å². The smallest absolute Gasteiger partial charge is 0.411 e. The van der Waals surface area contributed by atoms with E-state index in [9.17, 15) is 13.6 Å². The summed E-state index contributed by atoms with van der Waals surface area (Å²) in [5.41, 5.74) is 1.21. The first-order valence-electron chi connectivity index (χ1n) is 6.22. The molecule has 0 aliphatic heterocycles. The molecule has 0 aliphatic rings. The number of ether oxygens (including phenoxy) is 1. The Balaban J connectivity index is 1.99. The second-order valence-corrected chi connectivity index (χ2v) is 4.25. The summed E-state index contributed by atoms with van der Waals surface area (Å²) in [7, 11) is 1.27. The largest absolute Gasteiger partial charge is 0.453 e. The van der Waals surface area contributed by atoms with Crippen molar-refractivity contribution < 1.29 is 18.3 Å². The molecule has 0 heterocycles. The van der Waals surface area contributed by atoms with Crippen LogP contribution >= 0.6 is 0 Å². The quantitative estimate of drug-likeness (QED) is 0.902. The summed E-state index contributed by atoms with van der Waals surface area (Å²) in [6, 6.07) is 10.4. The minimum atomic E-state index is -0.591. The number of hydrogen-bond donors (Lipinski definition) is 2. The Morgan fingerprint density at radius 3 is 2.19 bits per heavy atom. The maximum absolute atomic E-state index is 13.5. The van der Waals surface area contributed by atoms with Crippen LogP contribution in [0.4, 0.5) is 25.0 Å². The van der Waals surface area contributed by atoms with E-state index in [1.165, 1.54) is 25.3 Å². The van der Waals surface area contributed by atoms with E-state index < -0.39 is 17.7 Å². The predicted molar refractivity (Wildman–Crippen MR) is 76.2 cm³/mol. The van der Waals surface area contributed by atoms with Crippen molar-refractivity contribution in [2.24, 2.45) is 0 Å². The minimum Gasteiger partial charge on any atom is -0.453 e. The third kappa shape index (κ3) is 3.92. The highest BCUT2D eigenvalue weighted by atomic mass is 19.1. The summed E-state index contributed by atoms with van der Waals surface area (Å²) in [4.78, 5) is 11.0. The zero-order valence-corrected chi connectivity index (χ0v) is 11.3. The lowest BCUT2D eigenvalue weighted by Gasteiger charge is -2.09. The summed E-state index contributed by atoms with van der Waals surface area (Å²) in [5.74, 6) is -1.18. The first-order valence-corrected chi connectivity index (χ1v) is 6.22. The number of amides is 1. The van der Waals surface area contributed by atoms with Crippen molar-refractivity contribution in [3.8, 4) is 0 Å². The Kier molecular flexibility index (Phi) is 4.71. The Labute approximate surface area is 120 Å². The number of carbonyl (C=O) groups excluding carboxylic acids is 1. The molecule has 21 heavy (non-hydrogen) atoms. The van der Waals surface area contributed by atoms with Gasteiger partial charge in [-0.3, -0.25) is 5.32 Å². The van der Waals surface area contributed by atoms with Crippen LogP contribution in [0.15, 0.2) is 42.5 Å². The molecule has 0 aliphatic carbocycles. The van der Waals surface area contributed by atoms with Gasteiger partial charge < -0.3 is 10.1 Å². The molecule has 2 rings (SSSR count). The van der Waals surface area contributed by atoms with Gasteiger partial charge in [-0.15, -0.1) is 0 Å². The normalized spacial score (nSPS) is 10.0. The van der Waals surface area contributed by atoms with E-state index in [2.05, 4.69) is 15.4 Å². The molecule has 0 aromatic heterocycles. The summed E-state index contributed by atoms with van der Waals surface area (Å²) in [5, 5.41) is 5.42. The molecule has 0 radical (unpaired) electrons. The Morgan fingerprint density at radius 2 is 1.62 bits per heavy atom. The number of hydrogen-bond acceptors (Lipinski definition) is 3. The van der Waals surface area contributed by atoms with E-state index >= 15 is 0 Å². The van der Waals surface area contributed by atoms with Gasteiger partial charge in [0, 0.05) is 23.5 Å². The zero-order chi connectivity index (χ0) is 15.2. The van der Waals surface area contributed by atoms with Crippen LogP contribution in [0.2, 0.25) is 0 Å². The van der Waals surface area contributed by atoms with Crippen LogP contribution in [0.25, 0.3) is 0 Å². The van der Waals surface area contributed by atoms with E-state index in [-0.39, 0.29) is 12.1 Å². The van der Waals surface area contributed by atoms with Gasteiger partial charge in [0.2, 0.25) is 0 Å². The average molecular weight is 292 g/mol. The van der Waals surface area contributed by atoms with E-state index in [0.29, 0.717) is 11.4 Å². The van der Waals surface area contributed by atoms with E-state index in [1.807, 2.05) is 0 Å². The van der Waals surface area contributed by atoms with E-state index in [1.54, 1.807) is 24.3 Å². The lowest BCUT2D eigenvalue weighted by molar-refractivity contribution is 0.187. The van der Waals surface area contributed by atoms with Gasteiger partial charge in [-0.1, -0.05) is 6.07 Å². The van der Waals surface area contributed by atoms with Crippen LogP contribution in [-0.2, 0) is 11.3 Å². The zero-order valence-electron chi connectivity index (χ0n) is 11.3. The molecule has 0 saturated carbocycles. The first kappa shape index (κ1) is 14.8. The summed E-state index contributed by atoms with van der Waals surface area (Å²) in [6.07, 6.45) is -0.566. The molecule has 110 valence electrons. The molecule has 0 fully saturated rings. The van der Waals surface area contributed by atoms with Crippen molar-refractivity contribution in [1.82, 2.24) is 0 Å². The van der Waals surface area contributed by atoms with Crippen LogP contribution in [-0.4, -0.2) is 13.2 Å². The summed E-state index contributed by atoms with van der Waals surface area (Å²) >= 11 is 0. The highest BCUT2D eigenvalue weighted by molar-refractivity contribution is 5.84. The molecule has 0 unspecified atom stereocenters. The maximum atomic E-state index is 13.5. The van der Waals surface area contributed by atoms with Gasteiger partial charge in [-0.25, -0.2) is 13.6 Å². The number of nitrogens with one attached hydrogen (secondary N) is 2. The van der Waals surface area contributed by atoms with Crippen molar-refractivity contribution >= 4 is 17.5 Å². The van der Waals surface area contributed by atoms with Gasteiger partial charge in [0.05, 0.1) is 7.11 Å². The molecule has 1 amide bonds. The molecule has 2 aromatic carbocycles. The van der Waals surface area contributed by atoms with Gasteiger partial charge in [0.1, 0.15) is 11.6 Å². The maximum Gasteiger partial charge on any atom is 0.411 e. The highest BCUT2D eigenvalue weighted by Crippen LogP contribution is 2.17. The molecule has 0 bridgehead atoms. The molecule has 0 spiro atoms. The molecule has 4 nitrogen and oxygen atoms in total. The third-order valence-electron chi connectivity index (χ3n) is 2.85. The molecule has 6 heteroatoms. The molecule has 2 aromatic rings. The van der Waals surface area contributed by atoms with Crippen molar-refractivity contribution in [3.63, 3.8) is 0 Å². The fourth-order valence-electron chi connectivity index (χ4n) is 1.73. The minimum absolute atomic E-state index is 0.0192. The molecular formula is C15H14F2N2O2. The number of methoxy groups -OCH3 is 1. The van der Waals surface area contributed by atoms with Crippen molar-refractivity contribution in [2.75, 3.05) is 17.7 Å². The molecular weight excluding hydrogens is 278 g/mol. The van der Waals surface area contributed by atoms with Crippen molar-refractivity contribution in [1.29, 1.82) is 0 Å². The Morgan fingerprint density at radius 1 is 1.05 bits per heavy atom.